The van der Waals surface area contributed by atoms with Gasteiger partial charge in [-0.1, -0.05) is 18.6 Å². The van der Waals surface area contributed by atoms with E-state index in [9.17, 15) is 14.4 Å². The van der Waals surface area contributed by atoms with Gasteiger partial charge in [-0.3, -0.25) is 19.0 Å². The van der Waals surface area contributed by atoms with Crippen molar-refractivity contribution in [2.24, 2.45) is 0 Å². The highest BCUT2D eigenvalue weighted by atomic mass is 16.2. The number of hydrogen-bond donors (Lipinski definition) is 1. The molecule has 0 aliphatic carbocycles. The number of amides is 1. The summed E-state index contributed by atoms with van der Waals surface area (Å²) in [7, 11) is 0. The molecule has 1 aromatic heterocycles. The molecule has 2 aromatic rings. The average molecular weight is 386 g/mol. The predicted octanol–water partition coefficient (Wildman–Crippen LogP) is 1.56. The highest BCUT2D eigenvalue weighted by molar-refractivity contribution is 5.80. The summed E-state index contributed by atoms with van der Waals surface area (Å²) in [5.41, 5.74) is 0.0265. The number of carbonyl (C=O) groups is 1. The van der Waals surface area contributed by atoms with E-state index in [1.807, 2.05) is 13.0 Å². The molecule has 0 spiro atoms. The lowest BCUT2D eigenvalue weighted by molar-refractivity contribution is -0.121. The van der Waals surface area contributed by atoms with E-state index in [2.05, 4.69) is 17.1 Å². The first kappa shape index (κ1) is 20.3. The molecule has 1 saturated heterocycles. The number of likely N-dealkylation sites (tertiary alicyclic amines) is 1. The first-order valence-corrected chi connectivity index (χ1v) is 10.3. The second-order valence-corrected chi connectivity index (χ2v) is 7.51. The van der Waals surface area contributed by atoms with Crippen molar-refractivity contribution in [2.45, 2.75) is 58.7 Å². The SMILES string of the molecule is CCn1c(=O)c(=O)n(CC(=O)NCCCN2CCCCC2C)c2ccccc21. The number of fused-ring (bicyclic) bond motifs is 1. The summed E-state index contributed by atoms with van der Waals surface area (Å²) >= 11 is 0. The van der Waals surface area contributed by atoms with Gasteiger partial charge in [0.25, 0.3) is 0 Å². The van der Waals surface area contributed by atoms with Crippen LogP contribution in [0, 0.1) is 0 Å². The van der Waals surface area contributed by atoms with Crippen molar-refractivity contribution in [3.05, 3.63) is 45.0 Å². The molecule has 1 atom stereocenters. The van der Waals surface area contributed by atoms with Crippen molar-refractivity contribution < 1.29 is 4.79 Å². The fraction of sp³-hybridized carbons (Fsp3) is 0.571. The molecule has 7 heteroatoms. The van der Waals surface area contributed by atoms with Gasteiger partial charge in [-0.2, -0.15) is 0 Å². The highest BCUT2D eigenvalue weighted by Gasteiger charge is 2.18. The summed E-state index contributed by atoms with van der Waals surface area (Å²) in [5, 5.41) is 2.89. The van der Waals surface area contributed by atoms with E-state index in [-0.39, 0.29) is 12.5 Å². The fourth-order valence-electron chi connectivity index (χ4n) is 4.04. The topological polar surface area (TPSA) is 76.3 Å². The van der Waals surface area contributed by atoms with Crippen LogP contribution in [0.1, 0.15) is 39.5 Å². The maximum absolute atomic E-state index is 12.5. The molecule has 1 aliphatic rings. The maximum atomic E-state index is 12.5. The lowest BCUT2D eigenvalue weighted by Crippen LogP contribution is -2.44. The molecule has 1 fully saturated rings. The van der Waals surface area contributed by atoms with Crippen LogP contribution in [0.5, 0.6) is 0 Å². The number of aromatic nitrogens is 2. The highest BCUT2D eigenvalue weighted by Crippen LogP contribution is 2.16. The van der Waals surface area contributed by atoms with Crippen LogP contribution >= 0.6 is 0 Å². The van der Waals surface area contributed by atoms with Crippen molar-refractivity contribution >= 4 is 16.9 Å². The fourth-order valence-corrected chi connectivity index (χ4v) is 4.04. The summed E-state index contributed by atoms with van der Waals surface area (Å²) in [6.45, 7) is 7.03. The third-order valence-electron chi connectivity index (χ3n) is 5.64. The molecular weight excluding hydrogens is 356 g/mol. The van der Waals surface area contributed by atoms with Gasteiger partial charge in [0.2, 0.25) is 5.91 Å². The van der Waals surface area contributed by atoms with Gasteiger partial charge in [0, 0.05) is 25.7 Å². The first-order valence-electron chi connectivity index (χ1n) is 10.3. The average Bonchev–Trinajstić information content (AvgIpc) is 2.70. The second-order valence-electron chi connectivity index (χ2n) is 7.51. The molecule has 3 rings (SSSR count). The number of nitrogens with zero attached hydrogens (tertiary/aromatic N) is 3. The second kappa shape index (κ2) is 9.19. The minimum absolute atomic E-state index is 0.140. The molecule has 1 aromatic carbocycles. The standard InChI is InChI=1S/C21H30N4O3/c1-3-24-17-10-4-5-11-18(17)25(21(28)20(24)27)15-19(26)22-12-8-14-23-13-7-6-9-16(23)2/h4-5,10-11,16H,3,6-9,12-15H2,1-2H3,(H,22,26). The molecule has 1 amide bonds. The van der Waals surface area contributed by atoms with E-state index in [1.165, 1.54) is 28.4 Å². The van der Waals surface area contributed by atoms with Gasteiger partial charge in [-0.15, -0.1) is 0 Å². The van der Waals surface area contributed by atoms with E-state index >= 15 is 0 Å². The first-order chi connectivity index (χ1) is 13.5. The van der Waals surface area contributed by atoms with Gasteiger partial charge in [0.15, 0.2) is 0 Å². The summed E-state index contributed by atoms with van der Waals surface area (Å²) in [4.78, 5) is 39.8. The zero-order valence-electron chi connectivity index (χ0n) is 16.8. The molecule has 2 heterocycles. The van der Waals surface area contributed by atoms with Crippen molar-refractivity contribution in [1.29, 1.82) is 0 Å². The quantitative estimate of drug-likeness (QED) is 0.579. The van der Waals surface area contributed by atoms with Gasteiger partial charge in [-0.05, 0) is 51.8 Å². The summed E-state index contributed by atoms with van der Waals surface area (Å²) < 4.78 is 2.73. The molecule has 7 nitrogen and oxygen atoms in total. The van der Waals surface area contributed by atoms with Gasteiger partial charge in [0.1, 0.15) is 6.54 Å². The Labute approximate surface area is 165 Å². The van der Waals surface area contributed by atoms with E-state index in [0.717, 1.165) is 19.5 Å². The zero-order chi connectivity index (χ0) is 20.1. The van der Waals surface area contributed by atoms with Crippen LogP contribution < -0.4 is 16.4 Å². The Bertz CT molecular complexity index is 947. The molecular formula is C21H30N4O3. The Kier molecular flexibility index (Phi) is 6.67. The Morgan fingerprint density at radius 2 is 1.79 bits per heavy atom. The maximum Gasteiger partial charge on any atom is 0.317 e. The van der Waals surface area contributed by atoms with E-state index < -0.39 is 11.1 Å². The number of hydrogen-bond acceptors (Lipinski definition) is 4. The van der Waals surface area contributed by atoms with Crippen molar-refractivity contribution in [3.63, 3.8) is 0 Å². The Morgan fingerprint density at radius 3 is 2.46 bits per heavy atom. The normalized spacial score (nSPS) is 17.7. The number of para-hydroxylation sites is 2. The third-order valence-corrected chi connectivity index (χ3v) is 5.64. The van der Waals surface area contributed by atoms with Crippen LogP contribution in [0.2, 0.25) is 0 Å². The smallest absolute Gasteiger partial charge is 0.317 e. The number of aryl methyl sites for hydroxylation is 1. The Balaban J connectivity index is 1.64. The molecule has 152 valence electrons. The minimum Gasteiger partial charge on any atom is -0.355 e. The van der Waals surface area contributed by atoms with E-state index in [4.69, 9.17) is 0 Å². The van der Waals surface area contributed by atoms with Crippen molar-refractivity contribution in [1.82, 2.24) is 19.4 Å². The van der Waals surface area contributed by atoms with Crippen molar-refractivity contribution in [2.75, 3.05) is 19.6 Å². The van der Waals surface area contributed by atoms with Crippen LogP contribution in [0.3, 0.4) is 0 Å². The predicted molar refractivity (Wildman–Crippen MR) is 111 cm³/mol. The van der Waals surface area contributed by atoms with Crippen LogP contribution in [-0.4, -0.2) is 45.6 Å². The Morgan fingerprint density at radius 1 is 1.11 bits per heavy atom. The number of carbonyl (C=O) groups excluding carboxylic acids is 1. The van der Waals surface area contributed by atoms with Crippen LogP contribution in [-0.2, 0) is 17.9 Å². The molecule has 0 radical (unpaired) electrons. The minimum atomic E-state index is -0.655. The summed E-state index contributed by atoms with van der Waals surface area (Å²) in [6, 6.07) is 7.81. The van der Waals surface area contributed by atoms with E-state index in [1.54, 1.807) is 18.2 Å². The Hall–Kier alpha value is -2.41. The molecule has 1 unspecified atom stereocenters. The summed E-state index contributed by atoms with van der Waals surface area (Å²) in [6.07, 6.45) is 4.67. The van der Waals surface area contributed by atoms with Crippen LogP contribution in [0.4, 0.5) is 0 Å². The monoisotopic (exact) mass is 386 g/mol. The lowest BCUT2D eigenvalue weighted by atomic mass is 10.0. The number of nitrogens with one attached hydrogen (secondary N) is 1. The third kappa shape index (κ3) is 4.35. The van der Waals surface area contributed by atoms with Gasteiger partial charge in [-0.25, -0.2) is 0 Å². The van der Waals surface area contributed by atoms with Gasteiger partial charge in [0.05, 0.1) is 11.0 Å². The molecule has 0 bridgehead atoms. The van der Waals surface area contributed by atoms with Crippen molar-refractivity contribution in [3.8, 4) is 0 Å². The largest absolute Gasteiger partial charge is 0.355 e. The van der Waals surface area contributed by atoms with Gasteiger partial charge >= 0.3 is 11.1 Å². The number of benzene rings is 1. The zero-order valence-corrected chi connectivity index (χ0v) is 16.8. The van der Waals surface area contributed by atoms with Crippen LogP contribution in [0.25, 0.3) is 11.0 Å². The molecule has 28 heavy (non-hydrogen) atoms. The molecule has 1 N–H and O–H groups in total. The molecule has 0 saturated carbocycles. The van der Waals surface area contributed by atoms with Gasteiger partial charge < -0.3 is 14.8 Å². The van der Waals surface area contributed by atoms with Crippen LogP contribution in [0.15, 0.2) is 33.9 Å². The number of piperidine rings is 1. The molecule has 1 aliphatic heterocycles. The van der Waals surface area contributed by atoms with E-state index in [0.29, 0.717) is 30.2 Å². The lowest BCUT2D eigenvalue weighted by Gasteiger charge is -2.33. The summed E-state index contributed by atoms with van der Waals surface area (Å²) in [5.74, 6) is -0.243. The number of rotatable bonds is 7.